The molecule has 0 radical (unpaired) electrons. The lowest BCUT2D eigenvalue weighted by atomic mass is 10.2. The molecule has 1 aromatic carbocycles. The Morgan fingerprint density at radius 1 is 1.42 bits per heavy atom. The van der Waals surface area contributed by atoms with E-state index in [0.717, 1.165) is 17.8 Å². The van der Waals surface area contributed by atoms with E-state index in [2.05, 4.69) is 15.0 Å². The smallest absolute Gasteiger partial charge is 0.267 e. The van der Waals surface area contributed by atoms with Gasteiger partial charge in [0.2, 0.25) is 0 Å². The average Bonchev–Trinajstić information content (AvgIpc) is 2.85. The van der Waals surface area contributed by atoms with Gasteiger partial charge in [0.1, 0.15) is 15.5 Å². The summed E-state index contributed by atoms with van der Waals surface area (Å²) in [6, 6.07) is 4.31. The van der Waals surface area contributed by atoms with E-state index in [1.807, 2.05) is 0 Å². The van der Waals surface area contributed by atoms with Crippen LogP contribution in [0.3, 0.4) is 0 Å². The summed E-state index contributed by atoms with van der Waals surface area (Å²) < 4.78 is 32.7. The molecule has 0 unspecified atom stereocenters. The third-order valence-corrected chi connectivity index (χ3v) is 6.15. The number of anilines is 1. The van der Waals surface area contributed by atoms with E-state index in [9.17, 15) is 13.2 Å². The van der Waals surface area contributed by atoms with Gasteiger partial charge in [0.25, 0.3) is 15.9 Å². The highest BCUT2D eigenvalue weighted by Crippen LogP contribution is 2.31. The van der Waals surface area contributed by atoms with Gasteiger partial charge in [0.15, 0.2) is 5.13 Å². The van der Waals surface area contributed by atoms with Crippen LogP contribution in [0.4, 0.5) is 5.13 Å². The number of sulfonamides is 1. The molecule has 0 fully saturated rings. The molecule has 2 heterocycles. The monoisotopic (exact) mass is 387 g/mol. The van der Waals surface area contributed by atoms with Gasteiger partial charge in [-0.15, -0.1) is 0 Å². The number of amides is 1. The van der Waals surface area contributed by atoms with E-state index < -0.39 is 10.0 Å². The number of carbonyl (C=O) groups excluding carboxylic acids is 1. The first-order valence-corrected chi connectivity index (χ1v) is 9.73. The Bertz CT molecular complexity index is 895. The number of thiazole rings is 1. The lowest BCUT2D eigenvalue weighted by molar-refractivity contribution is 0.0960. The fraction of sp³-hybridized carbons (Fsp3) is 0.286. The number of halogens is 1. The highest BCUT2D eigenvalue weighted by atomic mass is 35.5. The van der Waals surface area contributed by atoms with Gasteiger partial charge in [-0.3, -0.25) is 9.52 Å². The van der Waals surface area contributed by atoms with Gasteiger partial charge in [-0.1, -0.05) is 22.9 Å². The molecule has 10 heteroatoms. The van der Waals surface area contributed by atoms with Crippen molar-refractivity contribution in [1.29, 1.82) is 0 Å². The second-order valence-electron chi connectivity index (χ2n) is 5.05. The van der Waals surface area contributed by atoms with Crippen molar-refractivity contribution in [3.8, 4) is 5.75 Å². The van der Waals surface area contributed by atoms with E-state index in [0.29, 0.717) is 23.5 Å². The number of aryl methyl sites for hydroxylation is 1. The summed E-state index contributed by atoms with van der Waals surface area (Å²) in [6.45, 7) is 0.586. The molecule has 0 spiro atoms. The second-order valence-corrected chi connectivity index (χ2v) is 8.14. The molecule has 1 aliphatic heterocycles. The molecule has 0 atom stereocenters. The molecule has 3 rings (SSSR count). The van der Waals surface area contributed by atoms with Crippen LogP contribution in [0.25, 0.3) is 0 Å². The lowest BCUT2D eigenvalue weighted by Crippen LogP contribution is -2.21. The van der Waals surface area contributed by atoms with Crippen LogP contribution >= 0.6 is 22.9 Å². The third-order valence-electron chi connectivity index (χ3n) is 3.42. The number of hydrogen-bond acceptors (Lipinski definition) is 6. The van der Waals surface area contributed by atoms with Crippen molar-refractivity contribution >= 4 is 44.0 Å². The van der Waals surface area contributed by atoms with Crippen molar-refractivity contribution in [3.63, 3.8) is 0 Å². The van der Waals surface area contributed by atoms with E-state index in [-0.39, 0.29) is 26.7 Å². The zero-order valence-electron chi connectivity index (χ0n) is 12.6. The Morgan fingerprint density at radius 3 is 2.96 bits per heavy atom. The molecule has 1 amide bonds. The number of nitrogens with zero attached hydrogens (tertiary/aromatic N) is 1. The Morgan fingerprint density at radius 2 is 2.21 bits per heavy atom. The van der Waals surface area contributed by atoms with Gasteiger partial charge in [-0.05, 0) is 31.0 Å². The highest BCUT2D eigenvalue weighted by molar-refractivity contribution is 7.93. The summed E-state index contributed by atoms with van der Waals surface area (Å²) in [6.07, 6.45) is 1.38. The maximum atomic E-state index is 12.6. The summed E-state index contributed by atoms with van der Waals surface area (Å²) in [5.41, 5.74) is 0.603. The maximum Gasteiger partial charge on any atom is 0.267 e. The van der Waals surface area contributed by atoms with Crippen LogP contribution in [0.2, 0.25) is 5.02 Å². The van der Waals surface area contributed by atoms with Gasteiger partial charge in [0.05, 0.1) is 12.8 Å². The minimum Gasteiger partial charge on any atom is -0.495 e. The zero-order valence-corrected chi connectivity index (χ0v) is 15.0. The molecule has 7 nitrogen and oxygen atoms in total. The number of nitrogens with one attached hydrogen (secondary N) is 2. The van der Waals surface area contributed by atoms with Crippen molar-refractivity contribution in [2.24, 2.45) is 0 Å². The quantitative estimate of drug-likeness (QED) is 0.838. The number of aromatic nitrogens is 1. The van der Waals surface area contributed by atoms with E-state index >= 15 is 0 Å². The van der Waals surface area contributed by atoms with Crippen molar-refractivity contribution in [2.75, 3.05) is 18.4 Å². The molecule has 0 bridgehead atoms. The summed E-state index contributed by atoms with van der Waals surface area (Å²) in [5.74, 6) is -0.0615. The van der Waals surface area contributed by atoms with Crippen LogP contribution in [0, 0.1) is 0 Å². The molecule has 2 N–H and O–H groups in total. The largest absolute Gasteiger partial charge is 0.495 e. The SMILES string of the molecule is COc1ccc(Cl)cc1S(=O)(=O)Nc1nc2c(s1)C(=O)NCCC2. The first-order valence-electron chi connectivity index (χ1n) is 7.05. The number of ether oxygens (including phenoxy) is 1. The first-order chi connectivity index (χ1) is 11.4. The molecule has 1 aromatic heterocycles. The minimum absolute atomic E-state index is 0.0904. The second kappa shape index (κ2) is 6.58. The summed E-state index contributed by atoms with van der Waals surface area (Å²) in [5, 5.41) is 3.16. The lowest BCUT2D eigenvalue weighted by Gasteiger charge is -2.10. The molecule has 0 saturated carbocycles. The van der Waals surface area contributed by atoms with E-state index in [1.54, 1.807) is 0 Å². The Hall–Kier alpha value is -1.84. The average molecular weight is 388 g/mol. The Labute approximate surface area is 148 Å². The molecule has 2 aromatic rings. The molecule has 24 heavy (non-hydrogen) atoms. The number of benzene rings is 1. The number of rotatable bonds is 4. The predicted molar refractivity (Wildman–Crippen MR) is 91.6 cm³/mol. The molecule has 0 saturated heterocycles. The van der Waals surface area contributed by atoms with E-state index in [1.165, 1.54) is 25.3 Å². The molecule has 128 valence electrons. The zero-order chi connectivity index (χ0) is 17.3. The fourth-order valence-electron chi connectivity index (χ4n) is 2.31. The van der Waals surface area contributed by atoms with Crippen molar-refractivity contribution in [1.82, 2.24) is 10.3 Å². The summed E-state index contributed by atoms with van der Waals surface area (Å²) in [4.78, 5) is 16.5. The minimum atomic E-state index is -3.95. The third kappa shape index (κ3) is 3.33. The van der Waals surface area contributed by atoms with Crippen LogP contribution < -0.4 is 14.8 Å². The van der Waals surface area contributed by atoms with Gasteiger partial charge < -0.3 is 10.1 Å². The van der Waals surface area contributed by atoms with Crippen molar-refractivity contribution < 1.29 is 17.9 Å². The van der Waals surface area contributed by atoms with Gasteiger partial charge in [0, 0.05) is 11.6 Å². The predicted octanol–water partition coefficient (Wildman–Crippen LogP) is 2.28. The maximum absolute atomic E-state index is 12.6. The van der Waals surface area contributed by atoms with Crippen LogP contribution in [0.15, 0.2) is 23.1 Å². The Kier molecular flexibility index (Phi) is 4.66. The normalized spacial score (nSPS) is 14.5. The standard InChI is InChI=1S/C14H14ClN3O4S2/c1-22-10-5-4-8(15)7-11(10)24(20,21)18-14-17-9-3-2-6-16-13(19)12(9)23-14/h4-5,7H,2-3,6H2,1H3,(H,16,19)(H,17,18). The van der Waals surface area contributed by atoms with Gasteiger partial charge in [-0.2, -0.15) is 0 Å². The van der Waals surface area contributed by atoms with Gasteiger partial charge >= 0.3 is 0 Å². The molecular formula is C14H14ClN3O4S2. The number of methoxy groups -OCH3 is 1. The van der Waals surface area contributed by atoms with Crippen LogP contribution in [-0.4, -0.2) is 33.0 Å². The first kappa shape index (κ1) is 17.0. The van der Waals surface area contributed by atoms with Gasteiger partial charge in [-0.25, -0.2) is 13.4 Å². The van der Waals surface area contributed by atoms with E-state index in [4.69, 9.17) is 16.3 Å². The van der Waals surface area contributed by atoms with Crippen molar-refractivity contribution in [2.45, 2.75) is 17.7 Å². The summed E-state index contributed by atoms with van der Waals surface area (Å²) in [7, 11) is -2.57. The fourth-order valence-corrected chi connectivity index (χ4v) is 4.91. The van der Waals surface area contributed by atoms with Crippen molar-refractivity contribution in [3.05, 3.63) is 33.8 Å². The number of carbonyl (C=O) groups is 1. The molecule has 0 aliphatic carbocycles. The Balaban J connectivity index is 1.95. The highest BCUT2D eigenvalue weighted by Gasteiger charge is 2.25. The van der Waals surface area contributed by atoms with Crippen LogP contribution in [-0.2, 0) is 16.4 Å². The molecule has 1 aliphatic rings. The van der Waals surface area contributed by atoms with Crippen LogP contribution in [0.5, 0.6) is 5.75 Å². The topological polar surface area (TPSA) is 97.4 Å². The van der Waals surface area contributed by atoms with Crippen LogP contribution in [0.1, 0.15) is 21.8 Å². The number of hydrogen-bond donors (Lipinski definition) is 2. The molecular weight excluding hydrogens is 374 g/mol. The number of fused-ring (bicyclic) bond motifs is 1. The summed E-state index contributed by atoms with van der Waals surface area (Å²) >= 11 is 6.90.